The number of amides is 1. The first-order valence-corrected chi connectivity index (χ1v) is 11.0. The van der Waals surface area contributed by atoms with E-state index in [4.69, 9.17) is 13.9 Å². The van der Waals surface area contributed by atoms with E-state index in [1.54, 1.807) is 24.3 Å². The highest BCUT2D eigenvalue weighted by Crippen LogP contribution is 2.29. The molecule has 0 unspecified atom stereocenters. The Morgan fingerprint density at radius 3 is 2.69 bits per heavy atom. The Kier molecular flexibility index (Phi) is 6.23. The van der Waals surface area contributed by atoms with Crippen molar-refractivity contribution in [3.05, 3.63) is 64.4 Å². The van der Waals surface area contributed by atoms with Gasteiger partial charge in [0.1, 0.15) is 29.4 Å². The van der Waals surface area contributed by atoms with E-state index in [0.29, 0.717) is 55.7 Å². The molecule has 0 bridgehead atoms. The van der Waals surface area contributed by atoms with Gasteiger partial charge in [0.2, 0.25) is 0 Å². The standard InChI is InChI=1S/C22H22FN5O7/c23-18-11-15(27-13-17(35-22(27)29)14-32-20-5-10-33-24-20)1-3-19(18)26-8-6-25(7-9-26)12-16-2-4-21(34-16)28(30)31/h1-5,10-11,17H,6-9,12-14H2/t17-/m0/s1. The number of ether oxygens (including phenoxy) is 2. The number of nitro groups is 1. The highest BCUT2D eigenvalue weighted by Gasteiger charge is 2.33. The van der Waals surface area contributed by atoms with Crippen molar-refractivity contribution in [2.24, 2.45) is 0 Å². The van der Waals surface area contributed by atoms with E-state index < -0.39 is 22.9 Å². The zero-order chi connectivity index (χ0) is 24.4. The topological polar surface area (TPSA) is 128 Å². The molecule has 12 nitrogen and oxygen atoms in total. The van der Waals surface area contributed by atoms with Gasteiger partial charge in [0.25, 0.3) is 5.88 Å². The number of carbonyl (C=O) groups is 1. The number of hydrogen-bond donors (Lipinski definition) is 0. The normalized spacial score (nSPS) is 18.7. The van der Waals surface area contributed by atoms with E-state index in [2.05, 4.69) is 14.6 Å². The van der Waals surface area contributed by atoms with Crippen LogP contribution in [0.2, 0.25) is 0 Å². The number of aromatic nitrogens is 1. The first kappa shape index (κ1) is 22.7. The van der Waals surface area contributed by atoms with Gasteiger partial charge in [0.05, 0.1) is 30.5 Å². The molecule has 0 radical (unpaired) electrons. The van der Waals surface area contributed by atoms with Crippen LogP contribution >= 0.6 is 0 Å². The summed E-state index contributed by atoms with van der Waals surface area (Å²) >= 11 is 0. The second-order valence-corrected chi connectivity index (χ2v) is 8.16. The molecule has 13 heteroatoms. The Labute approximate surface area is 198 Å². The molecule has 0 saturated carbocycles. The van der Waals surface area contributed by atoms with Gasteiger partial charge in [-0.25, -0.2) is 9.18 Å². The number of rotatable bonds is 8. The zero-order valence-electron chi connectivity index (χ0n) is 18.5. The average molecular weight is 487 g/mol. The van der Waals surface area contributed by atoms with Crippen molar-refractivity contribution < 1.29 is 32.5 Å². The molecule has 2 aromatic heterocycles. The monoisotopic (exact) mass is 487 g/mol. The summed E-state index contributed by atoms with van der Waals surface area (Å²) < 4.78 is 35.6. The lowest BCUT2D eigenvalue weighted by atomic mass is 10.2. The van der Waals surface area contributed by atoms with Crippen LogP contribution in [0.1, 0.15) is 5.76 Å². The summed E-state index contributed by atoms with van der Waals surface area (Å²) in [5, 5.41) is 14.4. The van der Waals surface area contributed by atoms with E-state index in [1.807, 2.05) is 4.90 Å². The first-order chi connectivity index (χ1) is 17.0. The molecule has 0 N–H and O–H groups in total. The molecule has 1 atom stereocenters. The fourth-order valence-corrected chi connectivity index (χ4v) is 4.11. The molecular formula is C22H22FN5O7. The van der Waals surface area contributed by atoms with Crippen molar-refractivity contribution in [3.8, 4) is 5.88 Å². The third-order valence-electron chi connectivity index (χ3n) is 5.87. The lowest BCUT2D eigenvalue weighted by molar-refractivity contribution is -0.402. The number of anilines is 2. The Hall–Kier alpha value is -4.13. The Morgan fingerprint density at radius 2 is 2.00 bits per heavy atom. The smallest absolute Gasteiger partial charge is 0.433 e. The van der Waals surface area contributed by atoms with Gasteiger partial charge in [-0.05, 0) is 29.4 Å². The van der Waals surface area contributed by atoms with Gasteiger partial charge in [-0.1, -0.05) is 0 Å². The molecule has 1 amide bonds. The molecule has 0 spiro atoms. The lowest BCUT2D eigenvalue weighted by Gasteiger charge is -2.36. The number of nitrogens with zero attached hydrogens (tertiary/aromatic N) is 5. The van der Waals surface area contributed by atoms with Gasteiger partial charge in [-0.15, -0.1) is 0 Å². The number of halogens is 1. The number of furan rings is 1. The number of benzene rings is 1. The summed E-state index contributed by atoms with van der Waals surface area (Å²) in [4.78, 5) is 27.9. The predicted molar refractivity (Wildman–Crippen MR) is 119 cm³/mol. The van der Waals surface area contributed by atoms with Gasteiger partial charge in [-0.3, -0.25) is 19.9 Å². The van der Waals surface area contributed by atoms with E-state index >= 15 is 4.39 Å². The fraction of sp³-hybridized carbons (Fsp3) is 0.364. The second-order valence-electron chi connectivity index (χ2n) is 8.16. The molecule has 2 fully saturated rings. The van der Waals surface area contributed by atoms with Gasteiger partial charge in [0.15, 0.2) is 6.10 Å². The Morgan fingerprint density at radius 1 is 1.17 bits per heavy atom. The molecule has 4 heterocycles. The highest BCUT2D eigenvalue weighted by atomic mass is 19.1. The van der Waals surface area contributed by atoms with Crippen LogP contribution in [0.4, 0.5) is 26.4 Å². The summed E-state index contributed by atoms with van der Waals surface area (Å²) in [6.45, 7) is 3.20. The van der Waals surface area contributed by atoms with Crippen LogP contribution in [0.25, 0.3) is 0 Å². The van der Waals surface area contributed by atoms with Gasteiger partial charge >= 0.3 is 12.0 Å². The van der Waals surface area contributed by atoms with E-state index in [9.17, 15) is 14.9 Å². The number of piperazine rings is 1. The van der Waals surface area contributed by atoms with Crippen molar-refractivity contribution in [3.63, 3.8) is 0 Å². The van der Waals surface area contributed by atoms with Gasteiger partial charge in [-0.2, -0.15) is 0 Å². The maximum absolute atomic E-state index is 15.0. The van der Waals surface area contributed by atoms with Crippen molar-refractivity contribution in [2.75, 3.05) is 49.1 Å². The molecule has 2 aliphatic rings. The van der Waals surface area contributed by atoms with Crippen LogP contribution in [-0.2, 0) is 11.3 Å². The molecule has 184 valence electrons. The van der Waals surface area contributed by atoms with E-state index in [0.717, 1.165) is 0 Å². The maximum Gasteiger partial charge on any atom is 0.433 e. The maximum atomic E-state index is 15.0. The quantitative estimate of drug-likeness (QED) is 0.345. The van der Waals surface area contributed by atoms with Crippen LogP contribution in [-0.4, -0.2) is 66.5 Å². The minimum Gasteiger partial charge on any atom is -0.471 e. The van der Waals surface area contributed by atoms with Crippen LogP contribution in [0.15, 0.2) is 51.6 Å². The van der Waals surface area contributed by atoms with Crippen molar-refractivity contribution >= 4 is 23.4 Å². The number of cyclic esters (lactones) is 1. The largest absolute Gasteiger partial charge is 0.471 e. The molecule has 2 aliphatic heterocycles. The fourth-order valence-electron chi connectivity index (χ4n) is 4.11. The van der Waals surface area contributed by atoms with Crippen molar-refractivity contribution in [1.82, 2.24) is 10.1 Å². The summed E-state index contributed by atoms with van der Waals surface area (Å²) in [5.74, 6) is 0.0904. The van der Waals surface area contributed by atoms with E-state index in [-0.39, 0.29) is 19.0 Å². The van der Waals surface area contributed by atoms with Crippen molar-refractivity contribution in [2.45, 2.75) is 12.6 Å². The molecule has 5 rings (SSSR count). The molecule has 1 aromatic carbocycles. The Bertz CT molecular complexity index is 1190. The summed E-state index contributed by atoms with van der Waals surface area (Å²) in [6.07, 6.45) is 0.280. The van der Waals surface area contributed by atoms with Crippen molar-refractivity contribution in [1.29, 1.82) is 0 Å². The summed E-state index contributed by atoms with van der Waals surface area (Å²) in [7, 11) is 0. The minimum absolute atomic E-state index is 0.102. The number of carbonyl (C=O) groups excluding carboxylic acids is 1. The van der Waals surface area contributed by atoms with Crippen LogP contribution in [0, 0.1) is 15.9 Å². The van der Waals surface area contributed by atoms with Crippen LogP contribution < -0.4 is 14.5 Å². The number of hydrogen-bond acceptors (Lipinski definition) is 10. The van der Waals surface area contributed by atoms with Crippen LogP contribution in [0.3, 0.4) is 0 Å². The SMILES string of the molecule is O=C1O[C@H](COc2ccon2)CN1c1ccc(N2CCN(Cc3ccc([N+](=O)[O-])o3)CC2)c(F)c1. The first-order valence-electron chi connectivity index (χ1n) is 11.0. The third-order valence-corrected chi connectivity index (χ3v) is 5.87. The van der Waals surface area contributed by atoms with E-state index in [1.165, 1.54) is 23.3 Å². The molecule has 2 saturated heterocycles. The van der Waals surface area contributed by atoms with Gasteiger partial charge < -0.3 is 23.3 Å². The van der Waals surface area contributed by atoms with Gasteiger partial charge in [0, 0.05) is 32.2 Å². The molecule has 0 aliphatic carbocycles. The Balaban J connectivity index is 1.16. The molecular weight excluding hydrogens is 465 g/mol. The summed E-state index contributed by atoms with van der Waals surface area (Å²) in [5.41, 5.74) is 0.846. The molecule has 35 heavy (non-hydrogen) atoms. The molecule has 3 aromatic rings. The predicted octanol–water partition coefficient (Wildman–Crippen LogP) is 3.04. The summed E-state index contributed by atoms with van der Waals surface area (Å²) in [6, 6.07) is 9.15. The minimum atomic E-state index is -0.572. The highest BCUT2D eigenvalue weighted by molar-refractivity contribution is 5.90. The average Bonchev–Trinajstić information content (AvgIpc) is 3.60. The lowest BCUT2D eigenvalue weighted by Crippen LogP contribution is -2.46. The zero-order valence-corrected chi connectivity index (χ0v) is 18.5. The van der Waals surface area contributed by atoms with Crippen LogP contribution in [0.5, 0.6) is 5.88 Å². The second kappa shape index (κ2) is 9.62. The third kappa shape index (κ3) is 5.04.